The molecule has 0 saturated heterocycles. The van der Waals surface area contributed by atoms with Gasteiger partial charge >= 0.3 is 0 Å². The van der Waals surface area contributed by atoms with E-state index in [4.69, 9.17) is 10.8 Å². The number of carbonyl (C=O) groups is 1. The second-order valence-corrected chi connectivity index (χ2v) is 7.68. The summed E-state index contributed by atoms with van der Waals surface area (Å²) < 4.78 is 0. The van der Waals surface area contributed by atoms with E-state index in [0.29, 0.717) is 0 Å². The van der Waals surface area contributed by atoms with Crippen LogP contribution in [0.4, 0.5) is 0 Å². The Balaban J connectivity index is 3.37. The average Bonchev–Trinajstić information content (AvgIpc) is 2.50. The van der Waals surface area contributed by atoms with Gasteiger partial charge in [-0.1, -0.05) is 91.4 Å². The standard InChI is InChI=1S/C20H41NO2/c1-17(2)14-12-10-8-6-4-5-7-9-11-13-15-19(20(21)23)18(3)16-22/h17-19,22H,4-16H2,1-3H3,(H2,21,23). The van der Waals surface area contributed by atoms with Crippen molar-refractivity contribution in [2.45, 2.75) is 97.8 Å². The van der Waals surface area contributed by atoms with E-state index in [-0.39, 0.29) is 24.3 Å². The number of carbonyl (C=O) groups excluding carboxylic acids is 1. The van der Waals surface area contributed by atoms with Crippen LogP contribution >= 0.6 is 0 Å². The lowest BCUT2D eigenvalue weighted by atomic mass is 9.88. The van der Waals surface area contributed by atoms with E-state index in [1.807, 2.05) is 6.92 Å². The largest absolute Gasteiger partial charge is 0.396 e. The number of unbranched alkanes of at least 4 members (excludes halogenated alkanes) is 9. The molecule has 0 heterocycles. The minimum Gasteiger partial charge on any atom is -0.396 e. The van der Waals surface area contributed by atoms with E-state index in [0.717, 1.165) is 18.8 Å². The summed E-state index contributed by atoms with van der Waals surface area (Å²) in [6, 6.07) is 0. The molecule has 0 aromatic heterocycles. The first kappa shape index (κ1) is 22.4. The number of hydrogen-bond acceptors (Lipinski definition) is 2. The molecule has 0 radical (unpaired) electrons. The van der Waals surface area contributed by atoms with Gasteiger partial charge in [-0.2, -0.15) is 0 Å². The fourth-order valence-corrected chi connectivity index (χ4v) is 3.17. The van der Waals surface area contributed by atoms with Crippen molar-refractivity contribution in [2.24, 2.45) is 23.5 Å². The van der Waals surface area contributed by atoms with Gasteiger partial charge < -0.3 is 10.8 Å². The van der Waals surface area contributed by atoms with Gasteiger partial charge in [-0.15, -0.1) is 0 Å². The first-order chi connectivity index (χ1) is 11.0. The van der Waals surface area contributed by atoms with Gasteiger partial charge in [-0.05, 0) is 18.3 Å². The SMILES string of the molecule is CC(C)CCCCCCCCCCCCC(C(N)=O)C(C)CO. The highest BCUT2D eigenvalue weighted by Crippen LogP contribution is 2.19. The number of rotatable bonds is 16. The molecule has 1 amide bonds. The minimum absolute atomic E-state index is 0.0109. The summed E-state index contributed by atoms with van der Waals surface area (Å²) in [5.41, 5.74) is 5.41. The molecular weight excluding hydrogens is 286 g/mol. The van der Waals surface area contributed by atoms with Crippen LogP contribution in [0.1, 0.15) is 97.8 Å². The second-order valence-electron chi connectivity index (χ2n) is 7.68. The van der Waals surface area contributed by atoms with Crippen molar-refractivity contribution in [3.8, 4) is 0 Å². The molecule has 138 valence electrons. The van der Waals surface area contributed by atoms with Crippen LogP contribution in [-0.4, -0.2) is 17.6 Å². The van der Waals surface area contributed by atoms with Gasteiger partial charge in [0.1, 0.15) is 0 Å². The van der Waals surface area contributed by atoms with Gasteiger partial charge in [0.05, 0.1) is 0 Å². The Labute approximate surface area is 144 Å². The third-order valence-corrected chi connectivity index (χ3v) is 4.89. The monoisotopic (exact) mass is 327 g/mol. The maximum Gasteiger partial charge on any atom is 0.220 e. The summed E-state index contributed by atoms with van der Waals surface area (Å²) in [6.07, 6.45) is 15.3. The Hall–Kier alpha value is -0.570. The van der Waals surface area contributed by atoms with Crippen LogP contribution in [-0.2, 0) is 4.79 Å². The lowest BCUT2D eigenvalue weighted by Gasteiger charge is -2.18. The van der Waals surface area contributed by atoms with Gasteiger partial charge in [0.25, 0.3) is 0 Å². The smallest absolute Gasteiger partial charge is 0.220 e. The molecule has 2 atom stereocenters. The first-order valence-electron chi connectivity index (χ1n) is 9.89. The molecule has 0 aliphatic heterocycles. The van der Waals surface area contributed by atoms with Gasteiger partial charge in [-0.3, -0.25) is 4.79 Å². The zero-order valence-electron chi connectivity index (χ0n) is 15.9. The highest BCUT2D eigenvalue weighted by molar-refractivity contribution is 5.76. The van der Waals surface area contributed by atoms with Gasteiger partial charge in [-0.25, -0.2) is 0 Å². The third-order valence-electron chi connectivity index (χ3n) is 4.89. The van der Waals surface area contributed by atoms with Crippen LogP contribution in [0.25, 0.3) is 0 Å². The van der Waals surface area contributed by atoms with Crippen molar-refractivity contribution in [1.82, 2.24) is 0 Å². The summed E-state index contributed by atoms with van der Waals surface area (Å²) in [7, 11) is 0. The predicted octanol–water partition coefficient (Wildman–Crippen LogP) is 5.05. The average molecular weight is 328 g/mol. The quantitative estimate of drug-likeness (QED) is 0.389. The van der Waals surface area contributed by atoms with Crippen LogP contribution in [0.2, 0.25) is 0 Å². The molecule has 0 aromatic rings. The molecule has 23 heavy (non-hydrogen) atoms. The maximum absolute atomic E-state index is 11.4. The van der Waals surface area contributed by atoms with Gasteiger partial charge in [0.2, 0.25) is 5.91 Å². The molecule has 0 aliphatic rings. The Morgan fingerprint density at radius 3 is 1.52 bits per heavy atom. The fourth-order valence-electron chi connectivity index (χ4n) is 3.17. The van der Waals surface area contributed by atoms with Crippen molar-refractivity contribution in [3.05, 3.63) is 0 Å². The summed E-state index contributed by atoms with van der Waals surface area (Å²) >= 11 is 0. The number of nitrogens with two attached hydrogens (primary N) is 1. The highest BCUT2D eigenvalue weighted by Gasteiger charge is 2.21. The van der Waals surface area contributed by atoms with Crippen molar-refractivity contribution >= 4 is 5.91 Å². The molecule has 0 spiro atoms. The van der Waals surface area contributed by atoms with E-state index < -0.39 is 0 Å². The van der Waals surface area contributed by atoms with Crippen molar-refractivity contribution in [2.75, 3.05) is 6.61 Å². The van der Waals surface area contributed by atoms with Crippen molar-refractivity contribution in [3.63, 3.8) is 0 Å². The molecule has 0 rings (SSSR count). The third kappa shape index (κ3) is 13.6. The lowest BCUT2D eigenvalue weighted by molar-refractivity contribution is -0.124. The normalized spacial score (nSPS) is 14.1. The van der Waals surface area contributed by atoms with Crippen molar-refractivity contribution in [1.29, 1.82) is 0 Å². The zero-order chi connectivity index (χ0) is 17.5. The minimum atomic E-state index is -0.260. The van der Waals surface area contributed by atoms with E-state index in [1.54, 1.807) is 0 Å². The van der Waals surface area contributed by atoms with Crippen LogP contribution in [0, 0.1) is 17.8 Å². The molecule has 2 unspecified atom stereocenters. The molecule has 0 fully saturated rings. The van der Waals surface area contributed by atoms with Crippen LogP contribution in [0.15, 0.2) is 0 Å². The van der Waals surface area contributed by atoms with Crippen LogP contribution in [0.5, 0.6) is 0 Å². The van der Waals surface area contributed by atoms with Crippen LogP contribution < -0.4 is 5.73 Å². The number of aliphatic hydroxyl groups is 1. The lowest BCUT2D eigenvalue weighted by Crippen LogP contribution is -2.30. The van der Waals surface area contributed by atoms with Gasteiger partial charge in [0, 0.05) is 12.5 Å². The summed E-state index contributed by atoms with van der Waals surface area (Å²) in [6.45, 7) is 6.55. The van der Waals surface area contributed by atoms with Crippen LogP contribution in [0.3, 0.4) is 0 Å². The van der Waals surface area contributed by atoms with E-state index in [1.165, 1.54) is 64.2 Å². The van der Waals surface area contributed by atoms with Gasteiger partial charge in [0.15, 0.2) is 0 Å². The molecule has 3 heteroatoms. The number of primary amides is 1. The second kappa shape index (κ2) is 15.0. The molecule has 0 aromatic carbocycles. The number of amides is 1. The molecule has 0 saturated carbocycles. The number of hydrogen-bond donors (Lipinski definition) is 2. The molecule has 3 nitrogen and oxygen atoms in total. The summed E-state index contributed by atoms with van der Waals surface area (Å²) in [5.74, 6) is 0.419. The topological polar surface area (TPSA) is 63.3 Å². The Morgan fingerprint density at radius 1 is 0.783 bits per heavy atom. The highest BCUT2D eigenvalue weighted by atomic mass is 16.3. The molecule has 0 aliphatic carbocycles. The fraction of sp³-hybridized carbons (Fsp3) is 0.950. The summed E-state index contributed by atoms with van der Waals surface area (Å²) in [5, 5.41) is 9.15. The first-order valence-corrected chi connectivity index (χ1v) is 9.89. The van der Waals surface area contributed by atoms with E-state index in [2.05, 4.69) is 13.8 Å². The van der Waals surface area contributed by atoms with E-state index in [9.17, 15) is 4.79 Å². The molecule has 0 bridgehead atoms. The maximum atomic E-state index is 11.4. The molecule has 3 N–H and O–H groups in total. The Bertz CT molecular complexity index is 279. The van der Waals surface area contributed by atoms with E-state index >= 15 is 0 Å². The molecular formula is C20H41NO2. The Kier molecular flexibility index (Phi) is 14.6. The predicted molar refractivity (Wildman–Crippen MR) is 99.2 cm³/mol. The Morgan fingerprint density at radius 2 is 1.17 bits per heavy atom. The summed E-state index contributed by atoms with van der Waals surface area (Å²) in [4.78, 5) is 11.4. The number of aliphatic hydroxyl groups excluding tert-OH is 1. The zero-order valence-corrected chi connectivity index (χ0v) is 15.9. The van der Waals surface area contributed by atoms with Crippen molar-refractivity contribution < 1.29 is 9.90 Å².